The van der Waals surface area contributed by atoms with Crippen molar-refractivity contribution in [1.82, 2.24) is 0 Å². The predicted molar refractivity (Wildman–Crippen MR) is 64.6 cm³/mol. The molecule has 2 rings (SSSR count). The average Bonchev–Trinajstić information content (AvgIpc) is 2.88. The van der Waals surface area contributed by atoms with E-state index >= 15 is 0 Å². The molecule has 0 radical (unpaired) electrons. The van der Waals surface area contributed by atoms with Crippen LogP contribution in [0.5, 0.6) is 0 Å². The Morgan fingerprint density at radius 1 is 1.38 bits per heavy atom. The van der Waals surface area contributed by atoms with Crippen LogP contribution in [-0.4, -0.2) is 28.8 Å². The molecule has 1 atom stereocenters. The summed E-state index contributed by atoms with van der Waals surface area (Å²) in [5.74, 6) is -2.08. The number of aliphatic carboxylic acids is 1. The number of nitrogens with zero attached hydrogens (tertiary/aromatic N) is 1. The molecule has 21 heavy (non-hydrogen) atoms. The lowest BCUT2D eigenvalue weighted by Gasteiger charge is -2.11. The summed E-state index contributed by atoms with van der Waals surface area (Å²) in [6.07, 6.45) is -5.95. The lowest BCUT2D eigenvalue weighted by atomic mass is 10.1. The zero-order valence-electron chi connectivity index (χ0n) is 10.3. The largest absolute Gasteiger partial charge is 0.477 e. The van der Waals surface area contributed by atoms with Crippen molar-refractivity contribution in [1.29, 1.82) is 0 Å². The SMILES string of the molecule is O=C(O)C1=NOC(C(=O)Nc2cccc(C(F)(F)F)c2)C1. The molecule has 1 aliphatic rings. The van der Waals surface area contributed by atoms with Gasteiger partial charge in [0.15, 0.2) is 5.71 Å². The standard InChI is InChI=1S/C12H9F3N2O4/c13-12(14,15)6-2-1-3-7(4-6)16-10(18)9-5-8(11(19)20)17-21-9/h1-4,9H,5H2,(H,16,18)(H,19,20). The number of halogens is 3. The third kappa shape index (κ3) is 3.50. The lowest BCUT2D eigenvalue weighted by Crippen LogP contribution is -2.29. The summed E-state index contributed by atoms with van der Waals surface area (Å²) in [6, 6.07) is 4.06. The van der Waals surface area contributed by atoms with Crippen LogP contribution < -0.4 is 5.32 Å². The van der Waals surface area contributed by atoms with Gasteiger partial charge in [-0.3, -0.25) is 4.79 Å². The molecule has 112 valence electrons. The highest BCUT2D eigenvalue weighted by Crippen LogP contribution is 2.30. The van der Waals surface area contributed by atoms with E-state index in [2.05, 4.69) is 15.3 Å². The summed E-state index contributed by atoms with van der Waals surface area (Å²) in [6.45, 7) is 0. The Balaban J connectivity index is 2.03. The van der Waals surface area contributed by atoms with Gasteiger partial charge in [-0.05, 0) is 18.2 Å². The zero-order chi connectivity index (χ0) is 15.6. The highest BCUT2D eigenvalue weighted by atomic mass is 19.4. The van der Waals surface area contributed by atoms with Crippen LogP contribution in [0.1, 0.15) is 12.0 Å². The van der Waals surface area contributed by atoms with E-state index in [0.717, 1.165) is 18.2 Å². The summed E-state index contributed by atoms with van der Waals surface area (Å²) in [5.41, 5.74) is -1.29. The number of benzene rings is 1. The van der Waals surface area contributed by atoms with Crippen molar-refractivity contribution in [3.8, 4) is 0 Å². The number of nitrogens with one attached hydrogen (secondary N) is 1. The van der Waals surface area contributed by atoms with Crippen molar-refractivity contribution < 1.29 is 32.7 Å². The van der Waals surface area contributed by atoms with E-state index in [9.17, 15) is 22.8 Å². The second-order valence-electron chi connectivity index (χ2n) is 4.21. The maximum Gasteiger partial charge on any atom is 0.416 e. The molecule has 0 aromatic heterocycles. The molecule has 1 amide bonds. The number of anilines is 1. The number of carbonyl (C=O) groups is 2. The van der Waals surface area contributed by atoms with Gasteiger partial charge in [-0.25, -0.2) is 4.79 Å². The number of amides is 1. The molecular weight excluding hydrogens is 293 g/mol. The van der Waals surface area contributed by atoms with Crippen LogP contribution in [-0.2, 0) is 20.6 Å². The van der Waals surface area contributed by atoms with E-state index in [1.165, 1.54) is 6.07 Å². The molecule has 0 bridgehead atoms. The Kier molecular flexibility index (Phi) is 3.83. The smallest absolute Gasteiger partial charge is 0.416 e. The highest BCUT2D eigenvalue weighted by molar-refractivity contribution is 6.36. The molecular formula is C12H9F3N2O4. The predicted octanol–water partition coefficient (Wildman–Crippen LogP) is 1.87. The number of hydrogen-bond acceptors (Lipinski definition) is 4. The van der Waals surface area contributed by atoms with Crippen molar-refractivity contribution in [3.63, 3.8) is 0 Å². The van der Waals surface area contributed by atoms with E-state index in [1.54, 1.807) is 0 Å². The van der Waals surface area contributed by atoms with Crippen LogP contribution in [0.3, 0.4) is 0 Å². The Hall–Kier alpha value is -2.58. The fourth-order valence-corrected chi connectivity index (χ4v) is 1.64. The van der Waals surface area contributed by atoms with E-state index in [1.807, 2.05) is 0 Å². The first-order valence-electron chi connectivity index (χ1n) is 5.71. The van der Waals surface area contributed by atoms with E-state index < -0.39 is 29.7 Å². The molecule has 1 aliphatic heterocycles. The van der Waals surface area contributed by atoms with Crippen molar-refractivity contribution in [2.75, 3.05) is 5.32 Å². The molecule has 0 fully saturated rings. The van der Waals surface area contributed by atoms with Crippen molar-refractivity contribution in [3.05, 3.63) is 29.8 Å². The van der Waals surface area contributed by atoms with E-state index in [4.69, 9.17) is 5.11 Å². The summed E-state index contributed by atoms with van der Waals surface area (Å²) < 4.78 is 37.6. The fraction of sp³-hybridized carbons (Fsp3) is 0.250. The van der Waals surface area contributed by atoms with Gasteiger partial charge in [0.2, 0.25) is 6.10 Å². The lowest BCUT2D eigenvalue weighted by molar-refractivity contribution is -0.137. The monoisotopic (exact) mass is 302 g/mol. The third-order valence-electron chi connectivity index (χ3n) is 2.67. The molecule has 9 heteroatoms. The zero-order valence-corrected chi connectivity index (χ0v) is 10.3. The number of alkyl halides is 3. The molecule has 0 saturated carbocycles. The number of carbonyl (C=O) groups excluding carboxylic acids is 1. The Bertz CT molecular complexity index is 613. The van der Waals surface area contributed by atoms with Crippen LogP contribution in [0.4, 0.5) is 18.9 Å². The minimum absolute atomic E-state index is 0.0674. The highest BCUT2D eigenvalue weighted by Gasteiger charge is 2.33. The Morgan fingerprint density at radius 2 is 2.10 bits per heavy atom. The summed E-state index contributed by atoms with van der Waals surface area (Å²) in [4.78, 5) is 27.0. The fourth-order valence-electron chi connectivity index (χ4n) is 1.64. The molecule has 6 nitrogen and oxygen atoms in total. The number of carboxylic acid groups (broad SMARTS) is 1. The van der Waals surface area contributed by atoms with Gasteiger partial charge in [0.05, 0.1) is 5.56 Å². The van der Waals surface area contributed by atoms with E-state index in [-0.39, 0.29) is 17.8 Å². The molecule has 1 heterocycles. The van der Waals surface area contributed by atoms with Gasteiger partial charge in [-0.1, -0.05) is 11.2 Å². The number of hydrogen-bond donors (Lipinski definition) is 2. The van der Waals surface area contributed by atoms with Crippen molar-refractivity contribution in [2.24, 2.45) is 5.16 Å². The summed E-state index contributed by atoms with van der Waals surface area (Å²) in [7, 11) is 0. The number of rotatable bonds is 3. The molecule has 0 aliphatic carbocycles. The molecule has 2 N–H and O–H groups in total. The van der Waals surface area contributed by atoms with Crippen LogP contribution in [0.25, 0.3) is 0 Å². The minimum Gasteiger partial charge on any atom is -0.477 e. The second kappa shape index (κ2) is 5.43. The van der Waals surface area contributed by atoms with Crippen LogP contribution in [0, 0.1) is 0 Å². The van der Waals surface area contributed by atoms with Gasteiger partial charge in [0, 0.05) is 12.1 Å². The van der Waals surface area contributed by atoms with Crippen molar-refractivity contribution in [2.45, 2.75) is 18.7 Å². The quantitative estimate of drug-likeness (QED) is 0.892. The summed E-state index contributed by atoms with van der Waals surface area (Å²) in [5, 5.41) is 14.1. The first kappa shape index (κ1) is 14.8. The van der Waals surface area contributed by atoms with Gasteiger partial charge in [0.25, 0.3) is 5.91 Å². The maximum atomic E-state index is 12.5. The summed E-state index contributed by atoms with van der Waals surface area (Å²) >= 11 is 0. The molecule has 0 saturated heterocycles. The third-order valence-corrected chi connectivity index (χ3v) is 2.67. The van der Waals surface area contributed by atoms with Crippen LogP contribution >= 0.6 is 0 Å². The average molecular weight is 302 g/mol. The minimum atomic E-state index is -4.52. The molecule has 1 aromatic rings. The van der Waals surface area contributed by atoms with Crippen molar-refractivity contribution >= 4 is 23.3 Å². The second-order valence-corrected chi connectivity index (χ2v) is 4.21. The van der Waals surface area contributed by atoms with Gasteiger partial charge in [-0.15, -0.1) is 0 Å². The van der Waals surface area contributed by atoms with Gasteiger partial charge >= 0.3 is 12.1 Å². The van der Waals surface area contributed by atoms with Gasteiger partial charge < -0.3 is 15.3 Å². The number of oxime groups is 1. The van der Waals surface area contributed by atoms with Crippen LogP contribution in [0.2, 0.25) is 0 Å². The first-order valence-corrected chi connectivity index (χ1v) is 5.71. The number of carboxylic acids is 1. The Labute approximate surface area is 116 Å². The Morgan fingerprint density at radius 3 is 2.67 bits per heavy atom. The molecule has 1 aromatic carbocycles. The molecule has 0 spiro atoms. The normalized spacial score (nSPS) is 17.9. The van der Waals surface area contributed by atoms with Gasteiger partial charge in [0.1, 0.15) is 0 Å². The first-order chi connectivity index (χ1) is 9.77. The van der Waals surface area contributed by atoms with Gasteiger partial charge in [-0.2, -0.15) is 13.2 Å². The maximum absolute atomic E-state index is 12.5. The molecule has 1 unspecified atom stereocenters. The van der Waals surface area contributed by atoms with Crippen LogP contribution in [0.15, 0.2) is 29.4 Å². The van der Waals surface area contributed by atoms with E-state index in [0.29, 0.717) is 0 Å². The topological polar surface area (TPSA) is 88.0 Å².